The van der Waals surface area contributed by atoms with Crippen LogP contribution in [0, 0.1) is 0 Å². The molecule has 0 bridgehead atoms. The molecule has 1 aromatic rings. The highest BCUT2D eigenvalue weighted by molar-refractivity contribution is 5.90. The molecule has 0 aliphatic carbocycles. The summed E-state index contributed by atoms with van der Waals surface area (Å²) in [5.74, 6) is 0.695. The molecule has 0 radical (unpaired) electrons. The zero-order chi connectivity index (χ0) is 9.64. The van der Waals surface area contributed by atoms with E-state index >= 15 is 0 Å². The van der Waals surface area contributed by atoms with Crippen molar-refractivity contribution in [2.45, 2.75) is 18.5 Å². The van der Waals surface area contributed by atoms with Crippen LogP contribution in [0.5, 0.6) is 0 Å². The maximum absolute atomic E-state index is 11.2. The van der Waals surface area contributed by atoms with Crippen molar-refractivity contribution in [3.63, 3.8) is 0 Å². The van der Waals surface area contributed by atoms with E-state index in [0.29, 0.717) is 0 Å². The number of likely N-dealkylation sites (N-methyl/N-ethyl adjacent to an activating group) is 1. The number of nitrogens with two attached hydrogens (primary N) is 1. The quantitative estimate of drug-likeness (QED) is 0.632. The van der Waals surface area contributed by atoms with Gasteiger partial charge in [0.1, 0.15) is 17.3 Å². The average Bonchev–Trinajstić information content (AvgIpc) is 2.67. The smallest absolute Gasteiger partial charge is 0.243 e. The van der Waals surface area contributed by atoms with Crippen LogP contribution in [-0.2, 0) is 10.3 Å². The molecule has 13 heavy (non-hydrogen) atoms. The number of nitrogens with zero attached hydrogens (tertiary/aromatic N) is 1. The van der Waals surface area contributed by atoms with Crippen LogP contribution in [0.1, 0.15) is 12.7 Å². The van der Waals surface area contributed by atoms with Crippen LogP contribution in [0.4, 0.5) is 0 Å². The molecule has 2 heterocycles. The lowest BCUT2D eigenvalue weighted by Crippen LogP contribution is -2.72. The van der Waals surface area contributed by atoms with Crippen LogP contribution >= 0.6 is 0 Å². The van der Waals surface area contributed by atoms with E-state index in [1.54, 1.807) is 24.3 Å². The van der Waals surface area contributed by atoms with Gasteiger partial charge < -0.3 is 15.1 Å². The summed E-state index contributed by atoms with van der Waals surface area (Å²) in [7, 11) is 1.73. The van der Waals surface area contributed by atoms with Crippen molar-refractivity contribution in [1.82, 2.24) is 4.90 Å². The minimum Gasteiger partial charge on any atom is -0.467 e. The molecule has 0 spiro atoms. The van der Waals surface area contributed by atoms with Crippen LogP contribution in [0.15, 0.2) is 22.8 Å². The second-order valence-corrected chi connectivity index (χ2v) is 3.50. The highest BCUT2D eigenvalue weighted by Crippen LogP contribution is 2.38. The van der Waals surface area contributed by atoms with E-state index in [-0.39, 0.29) is 5.91 Å². The summed E-state index contributed by atoms with van der Waals surface area (Å²) in [5, 5.41) is 0. The highest BCUT2D eigenvalue weighted by atomic mass is 16.3. The van der Waals surface area contributed by atoms with Gasteiger partial charge in [0.25, 0.3) is 0 Å². The Morgan fingerprint density at radius 3 is 2.85 bits per heavy atom. The molecule has 2 N–H and O–H groups in total. The molecular weight excluding hydrogens is 168 g/mol. The van der Waals surface area contributed by atoms with Gasteiger partial charge in [0, 0.05) is 7.05 Å². The Kier molecular flexibility index (Phi) is 1.51. The molecule has 0 aromatic carbocycles. The van der Waals surface area contributed by atoms with Gasteiger partial charge in [0.15, 0.2) is 0 Å². The summed E-state index contributed by atoms with van der Waals surface area (Å²) in [6.45, 7) is 1.90. The molecule has 1 fully saturated rings. The lowest BCUT2D eigenvalue weighted by Gasteiger charge is -2.51. The van der Waals surface area contributed by atoms with E-state index in [0.717, 1.165) is 5.76 Å². The topological polar surface area (TPSA) is 59.5 Å². The van der Waals surface area contributed by atoms with Gasteiger partial charge in [0.2, 0.25) is 5.91 Å². The number of likely N-dealkylation sites (tertiary alicyclic amines) is 1. The third kappa shape index (κ3) is 0.808. The standard InChI is InChI=1S/C9H12N2O2/c1-9(6-4-3-5-13-6)7(10)8(12)11(9)2/h3-5,7H,10H2,1-2H3/t7-,9-/m0/s1. The van der Waals surface area contributed by atoms with Crippen molar-refractivity contribution < 1.29 is 9.21 Å². The van der Waals surface area contributed by atoms with Crippen molar-refractivity contribution in [2.75, 3.05) is 7.05 Å². The van der Waals surface area contributed by atoms with Crippen LogP contribution in [-0.4, -0.2) is 23.9 Å². The van der Waals surface area contributed by atoms with Gasteiger partial charge in [-0.2, -0.15) is 0 Å². The Morgan fingerprint density at radius 1 is 1.69 bits per heavy atom. The summed E-state index contributed by atoms with van der Waals surface area (Å²) < 4.78 is 5.26. The number of hydrogen-bond acceptors (Lipinski definition) is 3. The second kappa shape index (κ2) is 2.35. The Morgan fingerprint density at radius 2 is 2.38 bits per heavy atom. The number of β-lactam (4-membered cyclic amide) rings is 1. The number of carbonyl (C=O) groups excluding carboxylic acids is 1. The fraction of sp³-hybridized carbons (Fsp3) is 0.444. The summed E-state index contributed by atoms with van der Waals surface area (Å²) >= 11 is 0. The molecule has 1 aliphatic rings. The minimum atomic E-state index is -0.483. The summed E-state index contributed by atoms with van der Waals surface area (Å²) in [6.07, 6.45) is 1.59. The van der Waals surface area contributed by atoms with Crippen molar-refractivity contribution in [3.8, 4) is 0 Å². The maximum Gasteiger partial charge on any atom is 0.243 e. The molecule has 70 valence electrons. The molecule has 1 saturated heterocycles. The molecule has 1 aromatic heterocycles. The van der Waals surface area contributed by atoms with E-state index in [1.165, 1.54) is 0 Å². The van der Waals surface area contributed by atoms with Gasteiger partial charge in [-0.25, -0.2) is 0 Å². The fourth-order valence-corrected chi connectivity index (χ4v) is 1.71. The third-order valence-corrected chi connectivity index (χ3v) is 2.92. The zero-order valence-electron chi connectivity index (χ0n) is 7.65. The first kappa shape index (κ1) is 8.31. The minimum absolute atomic E-state index is 0.0427. The first-order valence-corrected chi connectivity index (χ1v) is 4.15. The van der Waals surface area contributed by atoms with Crippen molar-refractivity contribution in [1.29, 1.82) is 0 Å². The highest BCUT2D eigenvalue weighted by Gasteiger charge is 2.56. The Labute approximate surface area is 76.3 Å². The molecule has 4 heteroatoms. The van der Waals surface area contributed by atoms with Gasteiger partial charge in [-0.05, 0) is 19.1 Å². The lowest BCUT2D eigenvalue weighted by molar-refractivity contribution is -0.159. The second-order valence-electron chi connectivity index (χ2n) is 3.50. The predicted molar refractivity (Wildman–Crippen MR) is 46.8 cm³/mol. The normalized spacial score (nSPS) is 33.3. The van der Waals surface area contributed by atoms with Crippen LogP contribution in [0.2, 0.25) is 0 Å². The van der Waals surface area contributed by atoms with Crippen molar-refractivity contribution in [2.24, 2.45) is 5.73 Å². The zero-order valence-corrected chi connectivity index (χ0v) is 7.65. The Bertz CT molecular complexity index is 319. The Hall–Kier alpha value is -1.29. The average molecular weight is 180 g/mol. The van der Waals surface area contributed by atoms with Crippen LogP contribution in [0.3, 0.4) is 0 Å². The van der Waals surface area contributed by atoms with Gasteiger partial charge in [-0.3, -0.25) is 4.79 Å². The van der Waals surface area contributed by atoms with Gasteiger partial charge in [0.05, 0.1) is 6.26 Å². The molecule has 1 aliphatic heterocycles. The molecule has 2 atom stereocenters. The number of amides is 1. The predicted octanol–water partition coefficient (Wildman–Crippen LogP) is 0.294. The van der Waals surface area contributed by atoms with Crippen molar-refractivity contribution >= 4 is 5.91 Å². The lowest BCUT2D eigenvalue weighted by atomic mass is 9.79. The van der Waals surface area contributed by atoms with Gasteiger partial charge in [-0.1, -0.05) is 0 Å². The van der Waals surface area contributed by atoms with Crippen molar-refractivity contribution in [3.05, 3.63) is 24.2 Å². The van der Waals surface area contributed by atoms with Gasteiger partial charge >= 0.3 is 0 Å². The number of rotatable bonds is 1. The van der Waals surface area contributed by atoms with Crippen LogP contribution < -0.4 is 5.73 Å². The molecule has 2 rings (SSSR count). The number of furan rings is 1. The molecule has 1 amide bonds. The van der Waals surface area contributed by atoms with Crippen LogP contribution in [0.25, 0.3) is 0 Å². The summed E-state index contributed by atoms with van der Waals surface area (Å²) in [6, 6.07) is 3.15. The third-order valence-electron chi connectivity index (χ3n) is 2.92. The molecule has 0 saturated carbocycles. The van der Waals surface area contributed by atoms with Gasteiger partial charge in [-0.15, -0.1) is 0 Å². The first-order valence-electron chi connectivity index (χ1n) is 4.15. The first-order chi connectivity index (χ1) is 6.08. The summed E-state index contributed by atoms with van der Waals surface area (Å²) in [4.78, 5) is 12.8. The fourth-order valence-electron chi connectivity index (χ4n) is 1.71. The van der Waals surface area contributed by atoms with E-state index in [2.05, 4.69) is 0 Å². The largest absolute Gasteiger partial charge is 0.467 e. The molecule has 0 unspecified atom stereocenters. The number of carbonyl (C=O) groups is 1. The van der Waals surface area contributed by atoms with E-state index < -0.39 is 11.6 Å². The number of hydrogen-bond donors (Lipinski definition) is 1. The summed E-state index contributed by atoms with van der Waals surface area (Å²) in [5.41, 5.74) is 5.26. The molecular formula is C9H12N2O2. The Balaban J connectivity index is 2.38. The van der Waals surface area contributed by atoms with E-state index in [4.69, 9.17) is 10.2 Å². The molecule has 4 nitrogen and oxygen atoms in total. The maximum atomic E-state index is 11.2. The monoisotopic (exact) mass is 180 g/mol. The SMILES string of the molecule is CN1C(=O)[C@H](N)[C@]1(C)c1ccco1. The van der Waals surface area contributed by atoms with E-state index in [1.807, 2.05) is 13.0 Å². The van der Waals surface area contributed by atoms with E-state index in [9.17, 15) is 4.79 Å².